The van der Waals surface area contributed by atoms with Gasteiger partial charge in [0, 0.05) is 17.3 Å². The highest BCUT2D eigenvalue weighted by atomic mass is 16.6. The molecule has 1 aliphatic rings. The fraction of sp³-hybridized carbons (Fsp3) is 0.423. The number of anilines is 1. The van der Waals surface area contributed by atoms with E-state index in [0.717, 1.165) is 18.4 Å². The maximum absolute atomic E-state index is 13.6. The van der Waals surface area contributed by atoms with Crippen LogP contribution in [0.5, 0.6) is 5.75 Å². The molecule has 0 spiro atoms. The number of carbonyl (C=O) groups is 3. The van der Waals surface area contributed by atoms with Crippen molar-refractivity contribution in [2.45, 2.75) is 71.2 Å². The second-order valence-corrected chi connectivity index (χ2v) is 9.61. The number of carbonyl (C=O) groups excluding carboxylic acids is 3. The zero-order valence-electron chi connectivity index (χ0n) is 20.3. The first-order valence-corrected chi connectivity index (χ1v) is 11.4. The van der Waals surface area contributed by atoms with Gasteiger partial charge >= 0.3 is 6.09 Å². The quantitative estimate of drug-likeness (QED) is 0.563. The van der Waals surface area contributed by atoms with Gasteiger partial charge in [-0.3, -0.25) is 9.59 Å². The molecule has 0 radical (unpaired) electrons. The summed E-state index contributed by atoms with van der Waals surface area (Å²) in [5.74, 6) is -0.958. The van der Waals surface area contributed by atoms with Crippen molar-refractivity contribution in [1.29, 1.82) is 0 Å². The molecule has 1 fully saturated rings. The smallest absolute Gasteiger partial charge is 0.408 e. The highest BCUT2D eigenvalue weighted by molar-refractivity contribution is 5.99. The summed E-state index contributed by atoms with van der Waals surface area (Å²) >= 11 is 0. The van der Waals surface area contributed by atoms with Gasteiger partial charge in [-0.15, -0.1) is 0 Å². The Hall–Kier alpha value is -3.55. The molecule has 1 aliphatic carbocycles. The van der Waals surface area contributed by atoms with E-state index in [4.69, 9.17) is 4.74 Å². The summed E-state index contributed by atoms with van der Waals surface area (Å²) in [6.45, 7) is 8.64. The van der Waals surface area contributed by atoms with E-state index in [1.54, 1.807) is 52.0 Å². The summed E-state index contributed by atoms with van der Waals surface area (Å²) in [6.07, 6.45) is 0.742. The Morgan fingerprint density at radius 2 is 1.68 bits per heavy atom. The summed E-state index contributed by atoms with van der Waals surface area (Å²) < 4.78 is 5.28. The highest BCUT2D eigenvalue weighted by Gasteiger charge is 2.44. The van der Waals surface area contributed by atoms with E-state index >= 15 is 0 Å². The van der Waals surface area contributed by atoms with Gasteiger partial charge in [0.25, 0.3) is 5.91 Å². The Bertz CT molecular complexity index is 1060. The van der Waals surface area contributed by atoms with E-state index in [-0.39, 0.29) is 11.8 Å². The summed E-state index contributed by atoms with van der Waals surface area (Å²) in [5, 5.41) is 16.1. The van der Waals surface area contributed by atoms with Crippen molar-refractivity contribution in [3.8, 4) is 5.75 Å². The Kier molecular flexibility index (Phi) is 7.49. The van der Waals surface area contributed by atoms with Gasteiger partial charge in [0.05, 0.1) is 0 Å². The Balaban J connectivity index is 1.93. The van der Waals surface area contributed by atoms with E-state index in [0.29, 0.717) is 11.3 Å². The molecule has 3 N–H and O–H groups in total. The average Bonchev–Trinajstić information content (AvgIpc) is 3.57. The van der Waals surface area contributed by atoms with E-state index < -0.39 is 35.6 Å². The number of nitrogens with zero attached hydrogens (tertiary/aromatic N) is 1. The fourth-order valence-electron chi connectivity index (χ4n) is 3.69. The fourth-order valence-corrected chi connectivity index (χ4v) is 3.69. The minimum Gasteiger partial charge on any atom is -0.508 e. The molecular weight excluding hydrogens is 434 g/mol. The topological polar surface area (TPSA) is 108 Å². The number of aromatic hydroxyl groups is 1. The predicted molar refractivity (Wildman–Crippen MR) is 129 cm³/mol. The maximum atomic E-state index is 13.6. The molecule has 2 atom stereocenters. The van der Waals surface area contributed by atoms with E-state index in [1.165, 1.54) is 11.0 Å². The number of alkyl carbamates (subject to hydrolysis) is 1. The van der Waals surface area contributed by atoms with Crippen LogP contribution in [0.25, 0.3) is 0 Å². The van der Waals surface area contributed by atoms with E-state index in [2.05, 4.69) is 10.6 Å². The van der Waals surface area contributed by atoms with Crippen LogP contribution in [0.1, 0.15) is 57.7 Å². The molecule has 34 heavy (non-hydrogen) atoms. The lowest BCUT2D eigenvalue weighted by molar-refractivity contribution is -0.141. The van der Waals surface area contributed by atoms with E-state index in [9.17, 15) is 19.5 Å². The number of phenolic OH excluding ortho intramolecular Hbond substituents is 1. The number of hydrogen-bond acceptors (Lipinski definition) is 5. The van der Waals surface area contributed by atoms with Crippen molar-refractivity contribution >= 4 is 23.6 Å². The lowest BCUT2D eigenvalue weighted by atomic mass is 10.0. The summed E-state index contributed by atoms with van der Waals surface area (Å²) in [7, 11) is 0. The molecule has 0 bridgehead atoms. The summed E-state index contributed by atoms with van der Waals surface area (Å²) in [5.41, 5.74) is 1.10. The molecule has 0 heterocycles. The van der Waals surface area contributed by atoms with Crippen LogP contribution in [0.4, 0.5) is 10.5 Å². The van der Waals surface area contributed by atoms with Crippen LogP contribution in [-0.4, -0.2) is 45.6 Å². The van der Waals surface area contributed by atoms with Crippen molar-refractivity contribution in [1.82, 2.24) is 10.2 Å². The number of para-hydroxylation sites is 2. The molecular formula is C26H33N3O5. The van der Waals surface area contributed by atoms with Gasteiger partial charge in [0.1, 0.15) is 23.4 Å². The molecule has 2 aromatic carbocycles. The predicted octanol–water partition coefficient (Wildman–Crippen LogP) is 4.28. The number of benzene rings is 2. The van der Waals surface area contributed by atoms with Crippen LogP contribution < -0.4 is 10.6 Å². The second-order valence-electron chi connectivity index (χ2n) is 9.61. The molecule has 0 saturated heterocycles. The first-order chi connectivity index (χ1) is 16.0. The first kappa shape index (κ1) is 25.1. The Labute approximate surface area is 200 Å². The van der Waals surface area contributed by atoms with Crippen molar-refractivity contribution in [2.75, 3.05) is 5.32 Å². The molecule has 3 rings (SSSR count). The maximum Gasteiger partial charge on any atom is 0.408 e. The Morgan fingerprint density at radius 3 is 2.26 bits per heavy atom. The number of hydrogen-bond donors (Lipinski definition) is 3. The largest absolute Gasteiger partial charge is 0.508 e. The third-order valence-corrected chi connectivity index (χ3v) is 5.46. The van der Waals surface area contributed by atoms with Gasteiger partial charge in [-0.05, 0) is 65.2 Å². The molecule has 8 heteroatoms. The molecule has 3 amide bonds. The minimum absolute atomic E-state index is 0.0846. The number of phenols is 1. The van der Waals surface area contributed by atoms with Gasteiger partial charge in [0.2, 0.25) is 5.91 Å². The second kappa shape index (κ2) is 10.2. The number of rotatable bonds is 7. The number of ether oxygens (including phenoxy) is 1. The van der Waals surface area contributed by atoms with Crippen molar-refractivity contribution in [3.05, 3.63) is 59.7 Å². The van der Waals surface area contributed by atoms with Gasteiger partial charge in [-0.1, -0.05) is 36.4 Å². The van der Waals surface area contributed by atoms with Gasteiger partial charge in [-0.2, -0.15) is 0 Å². The van der Waals surface area contributed by atoms with Gasteiger partial charge in [0.15, 0.2) is 0 Å². The van der Waals surface area contributed by atoms with Gasteiger partial charge < -0.3 is 25.4 Å². The normalized spacial score (nSPS) is 15.1. The lowest BCUT2D eigenvalue weighted by Gasteiger charge is -2.34. The van der Waals surface area contributed by atoms with Crippen LogP contribution >= 0.6 is 0 Å². The zero-order chi connectivity index (χ0) is 25.0. The van der Waals surface area contributed by atoms with Crippen molar-refractivity contribution in [3.63, 3.8) is 0 Å². The molecule has 0 aliphatic heterocycles. The van der Waals surface area contributed by atoms with E-state index in [1.807, 2.05) is 25.1 Å². The van der Waals surface area contributed by atoms with Crippen LogP contribution in [0.15, 0.2) is 48.5 Å². The van der Waals surface area contributed by atoms with Crippen LogP contribution in [0.3, 0.4) is 0 Å². The molecule has 2 unspecified atom stereocenters. The van der Waals surface area contributed by atoms with Crippen molar-refractivity contribution < 1.29 is 24.2 Å². The average molecular weight is 468 g/mol. The number of aryl methyl sites for hydroxylation is 1. The first-order valence-electron chi connectivity index (χ1n) is 11.4. The van der Waals surface area contributed by atoms with Crippen LogP contribution in [0.2, 0.25) is 0 Å². The summed E-state index contributed by atoms with van der Waals surface area (Å²) in [6, 6.07) is 11.6. The Morgan fingerprint density at radius 1 is 1.06 bits per heavy atom. The molecule has 0 aromatic heterocycles. The van der Waals surface area contributed by atoms with Crippen LogP contribution in [0, 0.1) is 6.92 Å². The van der Waals surface area contributed by atoms with Gasteiger partial charge in [-0.25, -0.2) is 4.79 Å². The summed E-state index contributed by atoms with van der Waals surface area (Å²) in [4.78, 5) is 40.9. The SMILES string of the molecule is Cc1ccccc1NC(=O)C(c1ccccc1O)N(C(=O)C(C)NC(=O)OC(C)(C)C)C1CC1. The molecule has 2 aromatic rings. The molecule has 1 saturated carbocycles. The highest BCUT2D eigenvalue weighted by Crippen LogP contribution is 2.38. The minimum atomic E-state index is -1.08. The molecule has 8 nitrogen and oxygen atoms in total. The number of amides is 3. The third-order valence-electron chi connectivity index (χ3n) is 5.46. The standard InChI is InChI=1S/C26H33N3O5/c1-16-10-6-8-12-20(16)28-23(31)22(19-11-7-9-13-21(19)30)29(18-14-15-18)24(32)17(2)27-25(33)34-26(3,4)5/h6-13,17-18,22,30H,14-15H2,1-5H3,(H,27,33)(H,28,31). The van der Waals surface area contributed by atoms with Crippen LogP contribution in [-0.2, 0) is 14.3 Å². The monoisotopic (exact) mass is 467 g/mol. The number of nitrogens with one attached hydrogen (secondary N) is 2. The zero-order valence-corrected chi connectivity index (χ0v) is 20.3. The van der Waals surface area contributed by atoms with Crippen molar-refractivity contribution in [2.24, 2.45) is 0 Å². The lowest BCUT2D eigenvalue weighted by Crippen LogP contribution is -2.52. The molecule has 182 valence electrons. The third kappa shape index (κ3) is 6.27.